The topological polar surface area (TPSA) is 88.2 Å². The maximum atomic E-state index is 11.9. The van der Waals surface area contributed by atoms with Crippen molar-refractivity contribution in [3.05, 3.63) is 46.7 Å². The van der Waals surface area contributed by atoms with E-state index in [9.17, 15) is 9.90 Å². The van der Waals surface area contributed by atoms with Crippen molar-refractivity contribution in [1.82, 2.24) is 4.98 Å². The van der Waals surface area contributed by atoms with Crippen LogP contribution in [0.25, 0.3) is 0 Å². The van der Waals surface area contributed by atoms with Crippen LogP contribution >= 0.6 is 15.9 Å². The van der Waals surface area contributed by atoms with Gasteiger partial charge in [-0.2, -0.15) is 0 Å². The molecular formula is C12H10BrN3O2. The second-order valence-electron chi connectivity index (χ2n) is 3.56. The lowest BCUT2D eigenvalue weighted by molar-refractivity contribution is 0.102. The van der Waals surface area contributed by atoms with Crippen molar-refractivity contribution in [2.45, 2.75) is 0 Å². The molecule has 0 saturated carbocycles. The van der Waals surface area contributed by atoms with E-state index in [1.165, 1.54) is 12.3 Å². The number of hydrogen-bond acceptors (Lipinski definition) is 4. The normalized spacial score (nSPS) is 10.1. The molecule has 1 amide bonds. The number of aromatic nitrogens is 1. The molecule has 0 aliphatic rings. The Morgan fingerprint density at radius 2 is 2.17 bits per heavy atom. The first kappa shape index (κ1) is 12.4. The minimum Gasteiger partial charge on any atom is -0.506 e. The molecule has 2 aromatic rings. The quantitative estimate of drug-likeness (QED) is 0.743. The highest BCUT2D eigenvalue weighted by Crippen LogP contribution is 2.27. The molecule has 1 heterocycles. The van der Waals surface area contributed by atoms with E-state index in [4.69, 9.17) is 5.73 Å². The largest absolute Gasteiger partial charge is 0.506 e. The number of anilines is 2. The smallest absolute Gasteiger partial charge is 0.276 e. The molecule has 0 saturated heterocycles. The predicted molar refractivity (Wildman–Crippen MR) is 72.4 cm³/mol. The van der Waals surface area contributed by atoms with Gasteiger partial charge in [0, 0.05) is 10.7 Å². The Bertz CT molecular complexity index is 602. The van der Waals surface area contributed by atoms with Crippen molar-refractivity contribution in [3.8, 4) is 5.75 Å². The van der Waals surface area contributed by atoms with Gasteiger partial charge in [0.05, 0.1) is 11.4 Å². The van der Waals surface area contributed by atoms with E-state index in [1.807, 2.05) is 0 Å². The number of nitrogens with two attached hydrogens (primary N) is 1. The van der Waals surface area contributed by atoms with Gasteiger partial charge >= 0.3 is 0 Å². The fraction of sp³-hybridized carbons (Fsp3) is 0. The highest BCUT2D eigenvalue weighted by molar-refractivity contribution is 9.10. The lowest BCUT2D eigenvalue weighted by atomic mass is 10.2. The van der Waals surface area contributed by atoms with Crippen LogP contribution in [0.2, 0.25) is 0 Å². The standard InChI is InChI=1S/C12H10BrN3O2/c13-7-3-4-10(17)9(6-7)16-12(18)11-8(14)2-1-5-15-11/h1-6,17H,14H2,(H,16,18). The molecular weight excluding hydrogens is 298 g/mol. The van der Waals surface area contributed by atoms with Gasteiger partial charge in [-0.1, -0.05) is 15.9 Å². The van der Waals surface area contributed by atoms with Crippen molar-refractivity contribution in [3.63, 3.8) is 0 Å². The monoisotopic (exact) mass is 307 g/mol. The molecule has 92 valence electrons. The van der Waals surface area contributed by atoms with Crippen LogP contribution in [0.4, 0.5) is 11.4 Å². The van der Waals surface area contributed by atoms with Gasteiger partial charge < -0.3 is 16.2 Å². The average molecular weight is 308 g/mol. The first-order valence-electron chi connectivity index (χ1n) is 5.08. The number of carbonyl (C=O) groups excluding carboxylic acids is 1. The van der Waals surface area contributed by atoms with E-state index in [2.05, 4.69) is 26.2 Å². The molecule has 5 nitrogen and oxygen atoms in total. The van der Waals surface area contributed by atoms with Gasteiger partial charge in [-0.05, 0) is 30.3 Å². The van der Waals surface area contributed by atoms with Crippen molar-refractivity contribution in [2.24, 2.45) is 0 Å². The van der Waals surface area contributed by atoms with E-state index in [1.54, 1.807) is 24.3 Å². The number of hydrogen-bond donors (Lipinski definition) is 3. The van der Waals surface area contributed by atoms with Crippen LogP contribution in [0.15, 0.2) is 41.0 Å². The third kappa shape index (κ3) is 2.60. The Hall–Kier alpha value is -2.08. The van der Waals surface area contributed by atoms with E-state index >= 15 is 0 Å². The highest BCUT2D eigenvalue weighted by Gasteiger charge is 2.13. The molecule has 0 bridgehead atoms. The molecule has 2 rings (SSSR count). The minimum absolute atomic E-state index is 0.0268. The third-order valence-electron chi connectivity index (χ3n) is 2.26. The number of amides is 1. The zero-order valence-electron chi connectivity index (χ0n) is 9.22. The number of carbonyl (C=O) groups is 1. The number of nitrogen functional groups attached to an aromatic ring is 1. The SMILES string of the molecule is Nc1cccnc1C(=O)Nc1cc(Br)ccc1O. The van der Waals surface area contributed by atoms with Gasteiger partial charge in [0.25, 0.3) is 5.91 Å². The molecule has 0 aliphatic heterocycles. The zero-order chi connectivity index (χ0) is 13.1. The summed E-state index contributed by atoms with van der Waals surface area (Å²) in [5.74, 6) is -0.498. The highest BCUT2D eigenvalue weighted by atomic mass is 79.9. The van der Waals surface area contributed by atoms with Crippen molar-refractivity contribution < 1.29 is 9.90 Å². The Morgan fingerprint density at radius 3 is 2.89 bits per heavy atom. The lowest BCUT2D eigenvalue weighted by Crippen LogP contribution is -2.15. The number of pyridine rings is 1. The lowest BCUT2D eigenvalue weighted by Gasteiger charge is -2.08. The molecule has 0 unspecified atom stereocenters. The zero-order valence-corrected chi connectivity index (χ0v) is 10.8. The Morgan fingerprint density at radius 1 is 1.39 bits per heavy atom. The molecule has 4 N–H and O–H groups in total. The summed E-state index contributed by atoms with van der Waals surface area (Å²) in [6, 6.07) is 7.96. The molecule has 0 aliphatic carbocycles. The summed E-state index contributed by atoms with van der Waals surface area (Å²) in [5, 5.41) is 12.2. The fourth-order valence-corrected chi connectivity index (χ4v) is 1.76. The van der Waals surface area contributed by atoms with Crippen LogP contribution in [-0.2, 0) is 0 Å². The van der Waals surface area contributed by atoms with Crippen LogP contribution < -0.4 is 11.1 Å². The molecule has 18 heavy (non-hydrogen) atoms. The minimum atomic E-state index is -0.471. The number of halogens is 1. The summed E-state index contributed by atoms with van der Waals surface area (Å²) >= 11 is 3.25. The number of phenols is 1. The summed E-state index contributed by atoms with van der Waals surface area (Å²) in [6.45, 7) is 0. The van der Waals surface area contributed by atoms with Crippen molar-refractivity contribution >= 4 is 33.2 Å². The number of phenolic OH excluding ortho intramolecular Hbond substituents is 1. The van der Waals surface area contributed by atoms with E-state index < -0.39 is 5.91 Å². The number of aromatic hydroxyl groups is 1. The van der Waals surface area contributed by atoms with Crippen molar-refractivity contribution in [2.75, 3.05) is 11.1 Å². The molecule has 0 radical (unpaired) electrons. The molecule has 0 spiro atoms. The predicted octanol–water partition coefficient (Wildman–Crippen LogP) is 2.38. The first-order valence-corrected chi connectivity index (χ1v) is 5.87. The molecule has 6 heteroatoms. The first-order chi connectivity index (χ1) is 8.58. The van der Waals surface area contributed by atoms with E-state index in [0.29, 0.717) is 5.69 Å². The number of benzene rings is 1. The summed E-state index contributed by atoms with van der Waals surface area (Å²) < 4.78 is 0.740. The Labute approximate surface area is 112 Å². The van der Waals surface area contributed by atoms with Crippen LogP contribution in [-0.4, -0.2) is 16.0 Å². The molecule has 0 atom stereocenters. The van der Waals surface area contributed by atoms with Crippen LogP contribution in [0.1, 0.15) is 10.5 Å². The van der Waals surface area contributed by atoms with Gasteiger partial charge in [-0.25, -0.2) is 4.98 Å². The number of nitrogens with one attached hydrogen (secondary N) is 1. The average Bonchev–Trinajstić information content (AvgIpc) is 2.34. The Kier molecular flexibility index (Phi) is 3.47. The van der Waals surface area contributed by atoms with Crippen LogP contribution in [0.3, 0.4) is 0 Å². The second-order valence-corrected chi connectivity index (χ2v) is 4.47. The second kappa shape index (κ2) is 5.05. The Balaban J connectivity index is 2.27. The maximum absolute atomic E-state index is 11.9. The summed E-state index contributed by atoms with van der Waals surface area (Å²) in [5.41, 5.74) is 6.34. The molecule has 1 aromatic heterocycles. The maximum Gasteiger partial charge on any atom is 0.276 e. The summed E-state index contributed by atoms with van der Waals surface area (Å²) in [7, 11) is 0. The van der Waals surface area contributed by atoms with E-state index in [-0.39, 0.29) is 17.1 Å². The fourth-order valence-electron chi connectivity index (χ4n) is 1.40. The van der Waals surface area contributed by atoms with Crippen molar-refractivity contribution in [1.29, 1.82) is 0 Å². The van der Waals surface area contributed by atoms with Gasteiger partial charge in [0.2, 0.25) is 0 Å². The van der Waals surface area contributed by atoms with Crippen LogP contribution in [0.5, 0.6) is 5.75 Å². The summed E-state index contributed by atoms with van der Waals surface area (Å²) in [4.78, 5) is 15.8. The molecule has 1 aromatic carbocycles. The van der Waals surface area contributed by atoms with Gasteiger partial charge in [0.1, 0.15) is 5.75 Å². The third-order valence-corrected chi connectivity index (χ3v) is 2.75. The van der Waals surface area contributed by atoms with E-state index in [0.717, 1.165) is 4.47 Å². The van der Waals surface area contributed by atoms with Crippen LogP contribution in [0, 0.1) is 0 Å². The summed E-state index contributed by atoms with van der Waals surface area (Å²) in [6.07, 6.45) is 1.48. The van der Waals surface area contributed by atoms with Gasteiger partial charge in [-0.3, -0.25) is 4.79 Å². The van der Waals surface area contributed by atoms with Gasteiger partial charge in [-0.15, -0.1) is 0 Å². The number of nitrogens with zero attached hydrogens (tertiary/aromatic N) is 1. The van der Waals surface area contributed by atoms with Gasteiger partial charge in [0.15, 0.2) is 5.69 Å². The number of rotatable bonds is 2. The molecule has 0 fully saturated rings.